The lowest BCUT2D eigenvalue weighted by Crippen LogP contribution is -2.59. The van der Waals surface area contributed by atoms with E-state index in [1.165, 1.54) is 19.1 Å². The van der Waals surface area contributed by atoms with Crippen LogP contribution in [0.5, 0.6) is 0 Å². The molecule has 0 aromatic heterocycles. The van der Waals surface area contributed by atoms with E-state index in [0.29, 0.717) is 5.57 Å². The van der Waals surface area contributed by atoms with Crippen LogP contribution in [0, 0.1) is 20.2 Å². The van der Waals surface area contributed by atoms with Crippen LogP contribution in [0.15, 0.2) is 23.4 Å². The molecule has 1 aliphatic rings. The van der Waals surface area contributed by atoms with Gasteiger partial charge in [-0.3, -0.25) is 25.5 Å². The molecule has 2 atom stereocenters. The van der Waals surface area contributed by atoms with Gasteiger partial charge < -0.3 is 0 Å². The third-order valence-electron chi connectivity index (χ3n) is 4.14. The number of nitrogens with zero attached hydrogens (tertiary/aromatic N) is 2. The number of nitrogens with one attached hydrogen (secondary N) is 1. The topological polar surface area (TPSA) is 98.3 Å². The molecule has 0 radical (unpaired) electrons. The van der Waals surface area contributed by atoms with Crippen molar-refractivity contribution in [2.24, 2.45) is 0 Å². The first-order valence-corrected chi connectivity index (χ1v) is 6.72. The molecule has 0 bridgehead atoms. The maximum Gasteiger partial charge on any atom is 0.270 e. The molecule has 0 heterocycles. The molecule has 1 N–H and O–H groups in total. The molecule has 2 unspecified atom stereocenters. The molecule has 112 valence electrons. The van der Waals surface area contributed by atoms with E-state index in [4.69, 9.17) is 0 Å². The van der Waals surface area contributed by atoms with Crippen LogP contribution in [0.4, 0.5) is 0 Å². The molecule has 1 rings (SSSR count). The Bertz CT molecular complexity index is 468. The first-order chi connectivity index (χ1) is 9.28. The van der Waals surface area contributed by atoms with Crippen molar-refractivity contribution in [3.63, 3.8) is 0 Å². The average Bonchev–Trinajstić information content (AvgIpc) is 2.39. The van der Waals surface area contributed by atoms with Crippen LogP contribution in [0.2, 0.25) is 0 Å². The molecule has 0 fully saturated rings. The van der Waals surface area contributed by atoms with E-state index < -0.39 is 21.4 Å². The van der Waals surface area contributed by atoms with Gasteiger partial charge in [0.1, 0.15) is 0 Å². The van der Waals surface area contributed by atoms with Gasteiger partial charge in [0.2, 0.25) is 0 Å². The van der Waals surface area contributed by atoms with Gasteiger partial charge in [0.25, 0.3) is 11.2 Å². The maximum absolute atomic E-state index is 11.5. The van der Waals surface area contributed by atoms with Crippen molar-refractivity contribution in [2.75, 3.05) is 0 Å². The predicted molar refractivity (Wildman–Crippen MR) is 75.5 cm³/mol. The van der Waals surface area contributed by atoms with Crippen molar-refractivity contribution in [1.82, 2.24) is 5.32 Å². The molecule has 20 heavy (non-hydrogen) atoms. The summed E-state index contributed by atoms with van der Waals surface area (Å²) in [7, 11) is 0. The first-order valence-electron chi connectivity index (χ1n) is 6.72. The Balaban J connectivity index is 3.28. The second kappa shape index (κ2) is 6.13. The van der Waals surface area contributed by atoms with Crippen molar-refractivity contribution >= 4 is 0 Å². The highest BCUT2D eigenvalue weighted by Crippen LogP contribution is 2.33. The lowest BCUT2D eigenvalue weighted by Gasteiger charge is -2.33. The highest BCUT2D eigenvalue weighted by molar-refractivity contribution is 5.34. The molecular weight excluding hydrogens is 262 g/mol. The zero-order chi connectivity index (χ0) is 15.5. The molecular formula is C13H21N3O4. The van der Waals surface area contributed by atoms with E-state index in [-0.39, 0.29) is 11.7 Å². The third kappa shape index (κ3) is 2.72. The summed E-state index contributed by atoms with van der Waals surface area (Å²) < 4.78 is 0. The number of hydrogen-bond donors (Lipinski definition) is 1. The zero-order valence-corrected chi connectivity index (χ0v) is 12.3. The van der Waals surface area contributed by atoms with Gasteiger partial charge in [-0.15, -0.1) is 0 Å². The van der Waals surface area contributed by atoms with Gasteiger partial charge in [0.05, 0.1) is 4.92 Å². The summed E-state index contributed by atoms with van der Waals surface area (Å²) in [6, 6.07) is -0.920. The van der Waals surface area contributed by atoms with Crippen LogP contribution >= 0.6 is 0 Å². The van der Waals surface area contributed by atoms with Crippen molar-refractivity contribution in [3.8, 4) is 0 Å². The second-order valence-corrected chi connectivity index (χ2v) is 5.22. The Hall–Kier alpha value is -1.76. The molecule has 0 aromatic carbocycles. The van der Waals surface area contributed by atoms with Crippen molar-refractivity contribution in [1.29, 1.82) is 0 Å². The van der Waals surface area contributed by atoms with Crippen molar-refractivity contribution in [2.45, 2.75) is 58.2 Å². The molecule has 0 saturated carbocycles. The normalized spacial score (nSPS) is 26.1. The van der Waals surface area contributed by atoms with Crippen molar-refractivity contribution in [3.05, 3.63) is 43.7 Å². The average molecular weight is 283 g/mol. The van der Waals surface area contributed by atoms with Gasteiger partial charge in [-0.05, 0) is 25.8 Å². The number of hydrogen-bond acceptors (Lipinski definition) is 5. The highest BCUT2D eigenvalue weighted by atomic mass is 16.6. The fourth-order valence-electron chi connectivity index (χ4n) is 2.41. The van der Waals surface area contributed by atoms with E-state index in [1.807, 2.05) is 13.8 Å². The lowest BCUT2D eigenvalue weighted by molar-refractivity contribution is -0.564. The Morgan fingerprint density at radius 2 is 1.85 bits per heavy atom. The molecule has 0 aromatic rings. The van der Waals surface area contributed by atoms with Gasteiger partial charge in [-0.1, -0.05) is 13.8 Å². The summed E-state index contributed by atoms with van der Waals surface area (Å²) in [5.74, 6) is 0. The molecule has 0 saturated heterocycles. The number of nitro groups is 2. The van der Waals surface area contributed by atoms with E-state index >= 15 is 0 Å². The summed E-state index contributed by atoms with van der Waals surface area (Å²) in [6.45, 7) is 6.98. The minimum atomic E-state index is -1.50. The van der Waals surface area contributed by atoms with E-state index in [0.717, 1.165) is 12.8 Å². The van der Waals surface area contributed by atoms with E-state index in [1.54, 1.807) is 6.92 Å². The Labute approximate surface area is 118 Å². The third-order valence-corrected chi connectivity index (χ3v) is 4.14. The smallest absolute Gasteiger partial charge is 0.270 e. The maximum atomic E-state index is 11.5. The Morgan fingerprint density at radius 1 is 1.30 bits per heavy atom. The summed E-state index contributed by atoms with van der Waals surface area (Å²) in [5.41, 5.74) is -1.14. The van der Waals surface area contributed by atoms with Gasteiger partial charge in [-0.2, -0.15) is 0 Å². The van der Waals surface area contributed by atoms with Crippen LogP contribution in [0.1, 0.15) is 40.5 Å². The van der Waals surface area contributed by atoms with Gasteiger partial charge in [0.15, 0.2) is 6.04 Å². The van der Waals surface area contributed by atoms with Crippen LogP contribution in [0.25, 0.3) is 0 Å². The second-order valence-electron chi connectivity index (χ2n) is 5.22. The zero-order valence-electron chi connectivity index (χ0n) is 12.3. The van der Waals surface area contributed by atoms with Gasteiger partial charge >= 0.3 is 0 Å². The Morgan fingerprint density at radius 3 is 2.25 bits per heavy atom. The molecule has 7 nitrogen and oxygen atoms in total. The fraction of sp³-hybridized carbons (Fsp3) is 0.692. The minimum absolute atomic E-state index is 0.00789. The molecule has 7 heteroatoms. The summed E-state index contributed by atoms with van der Waals surface area (Å²) in [5, 5.41) is 25.8. The standard InChI is InChI=1S/C13H21N3O4/c1-5-10(6-2)14-12-11(15(17)18)8-7-9(3)13(12,4)16(19)20/h7-8,10,12,14H,5-6H2,1-4H3. The SMILES string of the molecule is CCC(CC)NC1C([N+](=O)[O-])=CC=C(C)C1(C)[N+](=O)[O-]. The van der Waals surface area contributed by atoms with Crippen LogP contribution in [0.3, 0.4) is 0 Å². The van der Waals surface area contributed by atoms with Gasteiger partial charge in [0, 0.05) is 29.5 Å². The highest BCUT2D eigenvalue weighted by Gasteiger charge is 2.55. The summed E-state index contributed by atoms with van der Waals surface area (Å²) in [4.78, 5) is 21.7. The predicted octanol–water partition coefficient (Wildman–Crippen LogP) is 2.29. The largest absolute Gasteiger partial charge is 0.296 e. The van der Waals surface area contributed by atoms with Crippen LogP contribution in [-0.4, -0.2) is 27.5 Å². The van der Waals surface area contributed by atoms with Gasteiger partial charge in [-0.25, -0.2) is 0 Å². The minimum Gasteiger partial charge on any atom is -0.296 e. The summed E-state index contributed by atoms with van der Waals surface area (Å²) >= 11 is 0. The number of allylic oxidation sites excluding steroid dienone is 2. The molecule has 0 spiro atoms. The lowest BCUT2D eigenvalue weighted by atomic mass is 9.79. The molecule has 1 aliphatic carbocycles. The van der Waals surface area contributed by atoms with E-state index in [9.17, 15) is 20.2 Å². The quantitative estimate of drug-likeness (QED) is 0.595. The summed E-state index contributed by atoms with van der Waals surface area (Å²) in [6.07, 6.45) is 4.34. The monoisotopic (exact) mass is 283 g/mol. The van der Waals surface area contributed by atoms with E-state index in [2.05, 4.69) is 5.32 Å². The fourth-order valence-corrected chi connectivity index (χ4v) is 2.41. The van der Waals surface area contributed by atoms with Crippen LogP contribution < -0.4 is 5.32 Å². The van der Waals surface area contributed by atoms with Crippen LogP contribution in [-0.2, 0) is 0 Å². The number of rotatable bonds is 6. The first kappa shape index (κ1) is 16.3. The van der Waals surface area contributed by atoms with Crippen molar-refractivity contribution < 1.29 is 9.85 Å². The molecule has 0 aliphatic heterocycles. The molecule has 0 amide bonds. The Kier molecular flexibility index (Phi) is 4.99.